The van der Waals surface area contributed by atoms with Crippen LogP contribution in [0.2, 0.25) is 0 Å². The number of nitrogen functional groups attached to an aromatic ring is 1. The summed E-state index contributed by atoms with van der Waals surface area (Å²) in [4.78, 5) is 31.8. The molecule has 0 heterocycles. The van der Waals surface area contributed by atoms with Crippen LogP contribution >= 0.6 is 0 Å². The maximum atomic E-state index is 11.6. The monoisotopic (exact) mass is 238 g/mol. The van der Waals surface area contributed by atoms with Gasteiger partial charge >= 0.3 is 5.97 Å². The van der Waals surface area contributed by atoms with Crippen LogP contribution in [0.5, 0.6) is 0 Å². The number of hydrogen-bond donors (Lipinski definition) is 2. The van der Waals surface area contributed by atoms with Crippen LogP contribution in [-0.2, 0) is 4.79 Å². The molecule has 1 rings (SSSR count). The number of carbonyl (C=O) groups excluding carboxylic acids is 1. The van der Waals surface area contributed by atoms with Gasteiger partial charge in [0.25, 0.3) is 5.69 Å². The number of carbonyl (C=O) groups is 2. The molecular weight excluding hydrogens is 228 g/mol. The average molecular weight is 238 g/mol. The third kappa shape index (κ3) is 3.00. The predicted octanol–water partition coefficient (Wildman–Crippen LogP) is 1.22. The number of anilines is 1. The van der Waals surface area contributed by atoms with Gasteiger partial charge in [-0.1, -0.05) is 6.07 Å². The number of rotatable bonds is 5. The highest BCUT2D eigenvalue weighted by atomic mass is 16.6. The lowest BCUT2D eigenvalue weighted by Crippen LogP contribution is -2.08. The van der Waals surface area contributed by atoms with Gasteiger partial charge in [-0.2, -0.15) is 0 Å². The zero-order valence-electron chi connectivity index (χ0n) is 8.75. The summed E-state index contributed by atoms with van der Waals surface area (Å²) in [5.41, 5.74) is 4.88. The van der Waals surface area contributed by atoms with E-state index in [4.69, 9.17) is 10.8 Å². The molecule has 1 aromatic rings. The van der Waals surface area contributed by atoms with Crippen LogP contribution < -0.4 is 5.73 Å². The Hall–Kier alpha value is -2.44. The lowest BCUT2D eigenvalue weighted by Gasteiger charge is -2.04. The molecule has 0 saturated carbocycles. The van der Waals surface area contributed by atoms with E-state index in [9.17, 15) is 19.7 Å². The van der Waals surface area contributed by atoms with E-state index >= 15 is 0 Å². The van der Waals surface area contributed by atoms with E-state index in [1.54, 1.807) is 0 Å². The SMILES string of the molecule is Nc1c(C(=O)CCC(=O)O)cccc1[N+](=O)[O-]. The Morgan fingerprint density at radius 3 is 2.53 bits per heavy atom. The van der Waals surface area contributed by atoms with Gasteiger partial charge in [-0.3, -0.25) is 19.7 Å². The number of para-hydroxylation sites is 1. The van der Waals surface area contributed by atoms with Crippen molar-refractivity contribution in [2.45, 2.75) is 12.8 Å². The molecule has 0 aliphatic rings. The van der Waals surface area contributed by atoms with Gasteiger partial charge < -0.3 is 10.8 Å². The molecule has 0 amide bonds. The van der Waals surface area contributed by atoms with E-state index in [1.165, 1.54) is 18.2 Å². The quantitative estimate of drug-likeness (QED) is 0.344. The van der Waals surface area contributed by atoms with Crippen molar-refractivity contribution < 1.29 is 19.6 Å². The zero-order valence-corrected chi connectivity index (χ0v) is 8.75. The molecule has 90 valence electrons. The third-order valence-electron chi connectivity index (χ3n) is 2.15. The number of benzene rings is 1. The number of Topliss-reactive ketones (excluding diaryl/α,β-unsaturated/α-hetero) is 1. The molecule has 7 heteroatoms. The Kier molecular flexibility index (Phi) is 3.76. The van der Waals surface area contributed by atoms with E-state index in [-0.39, 0.29) is 29.8 Å². The number of nitro groups is 1. The minimum atomic E-state index is -1.11. The highest BCUT2D eigenvalue weighted by molar-refractivity contribution is 6.03. The number of nitrogens with zero attached hydrogens (tertiary/aromatic N) is 1. The molecule has 3 N–H and O–H groups in total. The van der Waals surface area contributed by atoms with E-state index < -0.39 is 16.7 Å². The number of hydrogen-bond acceptors (Lipinski definition) is 5. The number of nitrogens with two attached hydrogens (primary N) is 1. The van der Waals surface area contributed by atoms with Crippen LogP contribution in [0.3, 0.4) is 0 Å². The van der Waals surface area contributed by atoms with Gasteiger partial charge in [-0.15, -0.1) is 0 Å². The summed E-state index contributed by atoms with van der Waals surface area (Å²) < 4.78 is 0. The molecule has 0 spiro atoms. The van der Waals surface area contributed by atoms with Crippen molar-refractivity contribution in [3.05, 3.63) is 33.9 Å². The molecule has 0 unspecified atom stereocenters. The molecule has 0 bridgehead atoms. The molecular formula is C10H10N2O5. The van der Waals surface area contributed by atoms with Crippen LogP contribution in [-0.4, -0.2) is 21.8 Å². The number of carboxylic acid groups (broad SMARTS) is 1. The minimum absolute atomic E-state index is 0.0135. The summed E-state index contributed by atoms with van der Waals surface area (Å²) >= 11 is 0. The molecule has 0 atom stereocenters. The van der Waals surface area contributed by atoms with Crippen LogP contribution in [0, 0.1) is 10.1 Å². The Bertz CT molecular complexity index is 484. The standard InChI is InChI=1S/C10H10N2O5/c11-10-6(8(13)4-5-9(14)15)2-1-3-7(10)12(16)17/h1-3H,4-5,11H2,(H,14,15). The topological polar surface area (TPSA) is 124 Å². The van der Waals surface area contributed by atoms with Crippen LogP contribution in [0.4, 0.5) is 11.4 Å². The number of aliphatic carboxylic acids is 1. The van der Waals surface area contributed by atoms with Gasteiger partial charge in [0.15, 0.2) is 5.78 Å². The molecule has 0 saturated heterocycles. The highest BCUT2D eigenvalue weighted by Crippen LogP contribution is 2.25. The molecule has 1 aromatic carbocycles. The summed E-state index contributed by atoms with van der Waals surface area (Å²) in [6.07, 6.45) is -0.568. The smallest absolute Gasteiger partial charge is 0.303 e. The fourth-order valence-corrected chi connectivity index (χ4v) is 1.31. The van der Waals surface area contributed by atoms with Crippen molar-refractivity contribution in [2.24, 2.45) is 0 Å². The second-order valence-electron chi connectivity index (χ2n) is 3.31. The first-order valence-corrected chi connectivity index (χ1v) is 4.71. The van der Waals surface area contributed by atoms with Crippen molar-refractivity contribution in [3.63, 3.8) is 0 Å². The Balaban J connectivity index is 2.98. The summed E-state index contributed by atoms with van der Waals surface area (Å²) in [6, 6.07) is 3.86. The van der Waals surface area contributed by atoms with Gasteiger partial charge in [0, 0.05) is 18.1 Å². The third-order valence-corrected chi connectivity index (χ3v) is 2.15. The number of nitro benzene ring substituents is 1. The summed E-state index contributed by atoms with van der Waals surface area (Å²) in [6.45, 7) is 0. The van der Waals surface area contributed by atoms with Crippen molar-refractivity contribution >= 4 is 23.1 Å². The van der Waals surface area contributed by atoms with Crippen molar-refractivity contribution in [1.82, 2.24) is 0 Å². The molecule has 0 aromatic heterocycles. The molecule has 0 radical (unpaired) electrons. The second-order valence-corrected chi connectivity index (χ2v) is 3.31. The number of carboxylic acids is 1. The maximum absolute atomic E-state index is 11.6. The summed E-state index contributed by atoms with van der Waals surface area (Å²) in [7, 11) is 0. The maximum Gasteiger partial charge on any atom is 0.303 e. The van der Waals surface area contributed by atoms with Gasteiger partial charge in [-0.05, 0) is 6.07 Å². The lowest BCUT2D eigenvalue weighted by molar-refractivity contribution is -0.383. The largest absolute Gasteiger partial charge is 0.481 e. The van der Waals surface area contributed by atoms with E-state index in [1.807, 2.05) is 0 Å². The van der Waals surface area contributed by atoms with Gasteiger partial charge in [-0.25, -0.2) is 0 Å². The molecule has 0 aliphatic heterocycles. The van der Waals surface area contributed by atoms with Gasteiger partial charge in [0.2, 0.25) is 0 Å². The van der Waals surface area contributed by atoms with Crippen LogP contribution in [0.15, 0.2) is 18.2 Å². The summed E-state index contributed by atoms with van der Waals surface area (Å²) in [5, 5.41) is 19.0. The first kappa shape index (κ1) is 12.6. The second kappa shape index (κ2) is 5.06. The fraction of sp³-hybridized carbons (Fsp3) is 0.200. The first-order valence-electron chi connectivity index (χ1n) is 4.71. The van der Waals surface area contributed by atoms with Crippen LogP contribution in [0.25, 0.3) is 0 Å². The molecule has 0 fully saturated rings. The fourth-order valence-electron chi connectivity index (χ4n) is 1.31. The predicted molar refractivity (Wildman–Crippen MR) is 58.7 cm³/mol. The zero-order chi connectivity index (χ0) is 13.0. The molecule has 7 nitrogen and oxygen atoms in total. The van der Waals surface area contributed by atoms with E-state index in [2.05, 4.69) is 0 Å². The van der Waals surface area contributed by atoms with Crippen molar-refractivity contribution in [3.8, 4) is 0 Å². The van der Waals surface area contributed by atoms with Crippen molar-refractivity contribution in [1.29, 1.82) is 0 Å². The Morgan fingerprint density at radius 2 is 2.00 bits per heavy atom. The van der Waals surface area contributed by atoms with Gasteiger partial charge in [0.05, 0.1) is 11.3 Å². The lowest BCUT2D eigenvalue weighted by atomic mass is 10.0. The highest BCUT2D eigenvalue weighted by Gasteiger charge is 2.19. The first-order chi connectivity index (χ1) is 7.93. The molecule has 17 heavy (non-hydrogen) atoms. The molecule has 0 aliphatic carbocycles. The average Bonchev–Trinajstić information content (AvgIpc) is 2.25. The van der Waals surface area contributed by atoms with Gasteiger partial charge in [0.1, 0.15) is 5.69 Å². The summed E-state index contributed by atoms with van der Waals surface area (Å²) in [5.74, 6) is -1.63. The normalized spacial score (nSPS) is 9.88. The minimum Gasteiger partial charge on any atom is -0.481 e. The Labute approximate surface area is 96.0 Å². The van der Waals surface area contributed by atoms with E-state index in [0.29, 0.717) is 0 Å². The van der Waals surface area contributed by atoms with Crippen LogP contribution in [0.1, 0.15) is 23.2 Å². The number of ketones is 1. The van der Waals surface area contributed by atoms with Crippen molar-refractivity contribution in [2.75, 3.05) is 5.73 Å². The van der Waals surface area contributed by atoms with E-state index in [0.717, 1.165) is 0 Å². The Morgan fingerprint density at radius 1 is 1.35 bits per heavy atom.